The molecule has 0 radical (unpaired) electrons. The molecule has 0 spiro atoms. The molecule has 20 heavy (non-hydrogen) atoms. The summed E-state index contributed by atoms with van der Waals surface area (Å²) in [5.74, 6) is -1.90. The van der Waals surface area contributed by atoms with E-state index in [-0.39, 0.29) is 16.9 Å². The fraction of sp³-hybridized carbons (Fsp3) is 0.0667. The van der Waals surface area contributed by atoms with Crippen molar-refractivity contribution in [3.05, 3.63) is 65.5 Å². The third-order valence-electron chi connectivity index (χ3n) is 2.56. The van der Waals surface area contributed by atoms with Gasteiger partial charge < -0.3 is 9.47 Å². The number of carbonyl (C=O) groups excluding carboxylic acids is 2. The number of benzene rings is 2. The lowest BCUT2D eigenvalue weighted by Gasteiger charge is -2.06. The summed E-state index contributed by atoms with van der Waals surface area (Å²) >= 11 is 0. The third kappa shape index (κ3) is 3.00. The molecule has 0 aromatic heterocycles. The standard InChI is InChI=1S/C15H11FO4/c1-19-14(17)10-5-4-6-11(9-10)20-15(18)12-7-2-3-8-13(12)16/h2-9H,1H3. The van der Waals surface area contributed by atoms with E-state index in [1.54, 1.807) is 0 Å². The molecule has 0 aliphatic rings. The van der Waals surface area contributed by atoms with E-state index >= 15 is 0 Å². The van der Waals surface area contributed by atoms with Gasteiger partial charge in [0.1, 0.15) is 11.6 Å². The Morgan fingerprint density at radius 3 is 2.45 bits per heavy atom. The number of ether oxygens (including phenoxy) is 2. The molecule has 0 amide bonds. The lowest BCUT2D eigenvalue weighted by atomic mass is 10.2. The molecule has 4 nitrogen and oxygen atoms in total. The summed E-state index contributed by atoms with van der Waals surface area (Å²) in [4.78, 5) is 23.2. The number of halogens is 1. The van der Waals surface area contributed by atoms with Crippen molar-refractivity contribution in [2.45, 2.75) is 0 Å². The highest BCUT2D eigenvalue weighted by molar-refractivity contribution is 5.92. The van der Waals surface area contributed by atoms with Gasteiger partial charge in [-0.1, -0.05) is 18.2 Å². The molecular formula is C15H11FO4. The lowest BCUT2D eigenvalue weighted by Crippen LogP contribution is -2.11. The van der Waals surface area contributed by atoms with Gasteiger partial charge in [-0.3, -0.25) is 0 Å². The second-order valence-corrected chi connectivity index (χ2v) is 3.89. The molecule has 2 aromatic rings. The summed E-state index contributed by atoms with van der Waals surface area (Å²) in [6, 6.07) is 11.4. The minimum Gasteiger partial charge on any atom is -0.465 e. The maximum absolute atomic E-state index is 13.4. The van der Waals surface area contributed by atoms with E-state index in [1.807, 2.05) is 0 Å². The van der Waals surface area contributed by atoms with Crippen molar-refractivity contribution in [2.75, 3.05) is 7.11 Å². The highest BCUT2D eigenvalue weighted by atomic mass is 19.1. The first kappa shape index (κ1) is 13.7. The van der Waals surface area contributed by atoms with Crippen LogP contribution in [0.15, 0.2) is 48.5 Å². The van der Waals surface area contributed by atoms with Gasteiger partial charge in [0.05, 0.1) is 18.2 Å². The molecule has 0 atom stereocenters. The summed E-state index contributed by atoms with van der Waals surface area (Å²) in [5.41, 5.74) is 0.0716. The van der Waals surface area contributed by atoms with Crippen LogP contribution < -0.4 is 4.74 Å². The van der Waals surface area contributed by atoms with Gasteiger partial charge >= 0.3 is 11.9 Å². The van der Waals surface area contributed by atoms with Crippen molar-refractivity contribution in [3.63, 3.8) is 0 Å². The summed E-state index contributed by atoms with van der Waals surface area (Å²) in [5, 5.41) is 0. The van der Waals surface area contributed by atoms with E-state index in [0.717, 1.165) is 0 Å². The Morgan fingerprint density at radius 1 is 1.00 bits per heavy atom. The zero-order valence-corrected chi connectivity index (χ0v) is 10.6. The molecule has 0 saturated carbocycles. The molecule has 2 aromatic carbocycles. The zero-order valence-electron chi connectivity index (χ0n) is 10.6. The SMILES string of the molecule is COC(=O)c1cccc(OC(=O)c2ccccc2F)c1. The number of rotatable bonds is 3. The summed E-state index contributed by atoms with van der Waals surface area (Å²) < 4.78 is 23.0. The van der Waals surface area contributed by atoms with Crippen molar-refractivity contribution in [1.29, 1.82) is 0 Å². The van der Waals surface area contributed by atoms with Gasteiger partial charge in [0, 0.05) is 0 Å². The maximum atomic E-state index is 13.4. The van der Waals surface area contributed by atoms with Crippen LogP contribution in [0.2, 0.25) is 0 Å². The van der Waals surface area contributed by atoms with Crippen molar-refractivity contribution < 1.29 is 23.5 Å². The van der Waals surface area contributed by atoms with E-state index < -0.39 is 17.8 Å². The minimum atomic E-state index is -0.829. The Kier molecular flexibility index (Phi) is 4.10. The molecule has 0 N–H and O–H groups in total. The Balaban J connectivity index is 2.20. The van der Waals surface area contributed by atoms with Gasteiger partial charge in [-0.25, -0.2) is 14.0 Å². The van der Waals surface area contributed by atoms with Gasteiger partial charge in [0.2, 0.25) is 0 Å². The van der Waals surface area contributed by atoms with E-state index in [0.29, 0.717) is 0 Å². The van der Waals surface area contributed by atoms with Gasteiger partial charge in [0.25, 0.3) is 0 Å². The minimum absolute atomic E-state index is 0.140. The van der Waals surface area contributed by atoms with E-state index in [9.17, 15) is 14.0 Å². The smallest absolute Gasteiger partial charge is 0.346 e. The average Bonchev–Trinajstić information content (AvgIpc) is 2.47. The highest BCUT2D eigenvalue weighted by Gasteiger charge is 2.14. The fourth-order valence-corrected chi connectivity index (χ4v) is 1.59. The number of carbonyl (C=O) groups is 2. The summed E-state index contributed by atoms with van der Waals surface area (Å²) in [6.07, 6.45) is 0. The van der Waals surface area contributed by atoms with Crippen LogP contribution >= 0.6 is 0 Å². The Labute approximate surface area is 114 Å². The van der Waals surface area contributed by atoms with E-state index in [2.05, 4.69) is 4.74 Å². The molecule has 5 heteroatoms. The van der Waals surface area contributed by atoms with Gasteiger partial charge in [-0.05, 0) is 30.3 Å². The van der Waals surface area contributed by atoms with Gasteiger partial charge in [-0.2, -0.15) is 0 Å². The highest BCUT2D eigenvalue weighted by Crippen LogP contribution is 2.17. The second kappa shape index (κ2) is 5.97. The molecule has 0 fully saturated rings. The fourth-order valence-electron chi connectivity index (χ4n) is 1.59. The quantitative estimate of drug-likeness (QED) is 0.638. The summed E-state index contributed by atoms with van der Waals surface area (Å²) in [6.45, 7) is 0. The average molecular weight is 274 g/mol. The molecule has 0 saturated heterocycles. The van der Waals surface area contributed by atoms with Crippen molar-refractivity contribution in [1.82, 2.24) is 0 Å². The van der Waals surface area contributed by atoms with Crippen LogP contribution in [0.4, 0.5) is 4.39 Å². The first-order valence-corrected chi connectivity index (χ1v) is 5.77. The number of hydrogen-bond donors (Lipinski definition) is 0. The second-order valence-electron chi connectivity index (χ2n) is 3.89. The Hall–Kier alpha value is -2.69. The Morgan fingerprint density at radius 2 is 1.75 bits per heavy atom. The largest absolute Gasteiger partial charge is 0.465 e. The molecule has 0 unspecified atom stereocenters. The lowest BCUT2D eigenvalue weighted by molar-refractivity contribution is 0.0597. The normalized spacial score (nSPS) is 9.90. The molecule has 0 aliphatic heterocycles. The van der Waals surface area contributed by atoms with Crippen molar-refractivity contribution in [2.24, 2.45) is 0 Å². The number of hydrogen-bond acceptors (Lipinski definition) is 4. The molecule has 0 bridgehead atoms. The van der Waals surface area contributed by atoms with Crippen LogP contribution in [0.3, 0.4) is 0 Å². The van der Waals surface area contributed by atoms with E-state index in [4.69, 9.17) is 4.74 Å². The number of methoxy groups -OCH3 is 1. The van der Waals surface area contributed by atoms with Crippen LogP contribution in [-0.4, -0.2) is 19.0 Å². The van der Waals surface area contributed by atoms with Crippen molar-refractivity contribution in [3.8, 4) is 5.75 Å². The first-order chi connectivity index (χ1) is 9.61. The zero-order chi connectivity index (χ0) is 14.5. The predicted molar refractivity (Wildman–Crippen MR) is 69.1 cm³/mol. The monoisotopic (exact) mass is 274 g/mol. The van der Waals surface area contributed by atoms with Crippen LogP contribution in [-0.2, 0) is 4.74 Å². The number of esters is 2. The third-order valence-corrected chi connectivity index (χ3v) is 2.56. The maximum Gasteiger partial charge on any atom is 0.346 e. The topological polar surface area (TPSA) is 52.6 Å². The van der Waals surface area contributed by atoms with Crippen molar-refractivity contribution >= 4 is 11.9 Å². The first-order valence-electron chi connectivity index (χ1n) is 5.77. The van der Waals surface area contributed by atoms with Crippen LogP contribution in [0.25, 0.3) is 0 Å². The van der Waals surface area contributed by atoms with Gasteiger partial charge in [-0.15, -0.1) is 0 Å². The molecular weight excluding hydrogens is 263 g/mol. The Bertz CT molecular complexity index is 652. The van der Waals surface area contributed by atoms with Crippen LogP contribution in [0.5, 0.6) is 5.75 Å². The molecule has 0 heterocycles. The van der Waals surface area contributed by atoms with E-state index in [1.165, 1.54) is 55.6 Å². The van der Waals surface area contributed by atoms with Crippen LogP contribution in [0.1, 0.15) is 20.7 Å². The molecule has 0 aliphatic carbocycles. The van der Waals surface area contributed by atoms with Crippen LogP contribution in [0, 0.1) is 5.82 Å². The predicted octanol–water partition coefficient (Wildman–Crippen LogP) is 2.83. The molecule has 2 rings (SSSR count). The van der Waals surface area contributed by atoms with Gasteiger partial charge in [0.15, 0.2) is 0 Å². The summed E-state index contributed by atoms with van der Waals surface area (Å²) in [7, 11) is 1.25. The molecule has 102 valence electrons.